The lowest BCUT2D eigenvalue weighted by Gasteiger charge is -2.06. The van der Waals surface area contributed by atoms with Crippen LogP contribution < -0.4 is 10.9 Å². The van der Waals surface area contributed by atoms with Gasteiger partial charge in [-0.2, -0.15) is 0 Å². The summed E-state index contributed by atoms with van der Waals surface area (Å²) in [7, 11) is 0. The molecule has 0 aliphatic heterocycles. The minimum Gasteiger partial charge on any atom is -0.441 e. The Kier molecular flexibility index (Phi) is 5.50. The highest BCUT2D eigenvalue weighted by molar-refractivity contribution is 5.95. The zero-order chi connectivity index (χ0) is 19.2. The number of amides is 2. The van der Waals surface area contributed by atoms with Crippen LogP contribution in [0.15, 0.2) is 53.3 Å². The Bertz CT molecular complexity index is 940. The molecule has 9 heteroatoms. The first-order valence-corrected chi connectivity index (χ1v) is 7.93. The topological polar surface area (TPSA) is 97.1 Å². The van der Waals surface area contributed by atoms with Gasteiger partial charge in [-0.25, -0.2) is 13.8 Å². The third-order valence-corrected chi connectivity index (χ3v) is 3.57. The van der Waals surface area contributed by atoms with Crippen LogP contribution in [0.1, 0.15) is 22.7 Å². The highest BCUT2D eigenvalue weighted by atomic mass is 19.1. The highest BCUT2D eigenvalue weighted by Crippen LogP contribution is 2.26. The smallest absolute Gasteiger partial charge is 0.271 e. The van der Waals surface area contributed by atoms with Crippen molar-refractivity contribution < 1.29 is 22.8 Å². The molecule has 1 aromatic carbocycles. The normalized spacial score (nSPS) is 10.4. The van der Waals surface area contributed by atoms with Crippen molar-refractivity contribution in [2.45, 2.75) is 12.8 Å². The highest BCUT2D eigenvalue weighted by Gasteiger charge is 2.16. The Balaban J connectivity index is 1.53. The molecule has 0 saturated carbocycles. The lowest BCUT2D eigenvalue weighted by Crippen LogP contribution is -2.41. The van der Waals surface area contributed by atoms with Gasteiger partial charge in [0.15, 0.2) is 11.7 Å². The van der Waals surface area contributed by atoms with Crippen molar-refractivity contribution in [1.29, 1.82) is 0 Å². The number of rotatable bonds is 5. The summed E-state index contributed by atoms with van der Waals surface area (Å²) in [6.45, 7) is 0. The predicted molar refractivity (Wildman–Crippen MR) is 90.0 cm³/mol. The molecule has 2 aromatic heterocycles. The molecule has 0 radical (unpaired) electrons. The maximum atomic E-state index is 13.7. The molecule has 7 nitrogen and oxygen atoms in total. The minimum atomic E-state index is -0.770. The Morgan fingerprint density at radius 3 is 2.52 bits per heavy atom. The van der Waals surface area contributed by atoms with Gasteiger partial charge >= 0.3 is 0 Å². The lowest BCUT2D eigenvalue weighted by molar-refractivity contribution is -0.121. The Morgan fingerprint density at radius 1 is 1.04 bits per heavy atom. The second kappa shape index (κ2) is 8.17. The van der Waals surface area contributed by atoms with Gasteiger partial charge in [-0.15, -0.1) is 0 Å². The van der Waals surface area contributed by atoms with E-state index >= 15 is 0 Å². The fourth-order valence-electron chi connectivity index (χ4n) is 2.25. The van der Waals surface area contributed by atoms with Crippen molar-refractivity contribution in [3.63, 3.8) is 0 Å². The average molecular weight is 372 g/mol. The third kappa shape index (κ3) is 4.51. The molecule has 3 rings (SSSR count). The van der Waals surface area contributed by atoms with Crippen molar-refractivity contribution in [1.82, 2.24) is 20.8 Å². The molecule has 0 aliphatic carbocycles. The van der Waals surface area contributed by atoms with Crippen LogP contribution in [0.4, 0.5) is 8.78 Å². The van der Waals surface area contributed by atoms with Gasteiger partial charge in [-0.05, 0) is 24.3 Å². The largest absolute Gasteiger partial charge is 0.441 e. The van der Waals surface area contributed by atoms with Gasteiger partial charge < -0.3 is 4.42 Å². The second-order valence-corrected chi connectivity index (χ2v) is 5.46. The Hall–Kier alpha value is -3.62. The number of oxazole rings is 1. The number of hydrogen-bond donors (Lipinski definition) is 2. The van der Waals surface area contributed by atoms with Crippen molar-refractivity contribution in [2.24, 2.45) is 0 Å². The quantitative estimate of drug-likeness (QED) is 0.671. The summed E-state index contributed by atoms with van der Waals surface area (Å²) in [5.74, 6) is -2.46. The molecule has 0 spiro atoms. The van der Waals surface area contributed by atoms with Crippen molar-refractivity contribution in [3.05, 3.63) is 72.0 Å². The first kappa shape index (κ1) is 18.2. The molecule has 0 saturated heterocycles. The minimum absolute atomic E-state index is 0.0486. The number of carbonyl (C=O) groups is 2. The number of nitrogens with one attached hydrogen (secondary N) is 2. The number of halogens is 2. The number of carbonyl (C=O) groups excluding carboxylic acids is 2. The lowest BCUT2D eigenvalue weighted by atomic mass is 10.1. The number of pyridine rings is 1. The summed E-state index contributed by atoms with van der Waals surface area (Å²) >= 11 is 0. The maximum absolute atomic E-state index is 13.7. The molecule has 138 valence electrons. The van der Waals surface area contributed by atoms with E-state index in [2.05, 4.69) is 20.8 Å². The molecular weight excluding hydrogens is 358 g/mol. The molecule has 0 bridgehead atoms. The van der Waals surface area contributed by atoms with Crippen LogP contribution in [0.25, 0.3) is 11.3 Å². The summed E-state index contributed by atoms with van der Waals surface area (Å²) in [6, 6.07) is 6.60. The molecule has 2 amide bonds. The third-order valence-electron chi connectivity index (χ3n) is 3.57. The molecule has 0 atom stereocenters. The first-order valence-electron chi connectivity index (χ1n) is 7.93. The summed E-state index contributed by atoms with van der Waals surface area (Å²) < 4.78 is 32.8. The number of nitrogens with zero attached hydrogens (tertiary/aromatic N) is 2. The van der Waals surface area contributed by atoms with Crippen LogP contribution in [-0.4, -0.2) is 21.8 Å². The summed E-state index contributed by atoms with van der Waals surface area (Å²) in [5, 5.41) is 0. The SMILES string of the molecule is O=C(CCc1ncc(-c2c(F)cccc2F)o1)NNC(=O)c1cccnc1. The van der Waals surface area contributed by atoms with Crippen LogP contribution in [0.5, 0.6) is 0 Å². The van der Waals surface area contributed by atoms with Gasteiger partial charge in [0.25, 0.3) is 5.91 Å². The first-order chi connectivity index (χ1) is 13.0. The van der Waals surface area contributed by atoms with E-state index in [-0.39, 0.29) is 30.1 Å². The standard InChI is InChI=1S/C18H14F2N4O3/c19-12-4-1-5-13(20)17(12)14-10-22-16(27-14)7-6-15(25)23-24-18(26)11-3-2-8-21-9-11/h1-5,8-10H,6-7H2,(H,23,25)(H,24,26). The Morgan fingerprint density at radius 2 is 1.81 bits per heavy atom. The fraction of sp³-hybridized carbons (Fsp3) is 0.111. The average Bonchev–Trinajstić information content (AvgIpc) is 3.13. The van der Waals surface area contributed by atoms with Gasteiger partial charge in [-0.3, -0.25) is 25.4 Å². The van der Waals surface area contributed by atoms with Crippen LogP contribution in [0, 0.1) is 11.6 Å². The number of hydrazine groups is 1. The zero-order valence-corrected chi connectivity index (χ0v) is 13.9. The van der Waals surface area contributed by atoms with Gasteiger partial charge in [0.05, 0.1) is 17.3 Å². The van der Waals surface area contributed by atoms with E-state index in [1.54, 1.807) is 12.1 Å². The van der Waals surface area contributed by atoms with Gasteiger partial charge in [0.2, 0.25) is 5.91 Å². The van der Waals surface area contributed by atoms with Gasteiger partial charge in [0, 0.05) is 25.2 Å². The monoisotopic (exact) mass is 372 g/mol. The molecule has 3 aromatic rings. The van der Waals surface area contributed by atoms with E-state index in [1.807, 2.05) is 0 Å². The van der Waals surface area contributed by atoms with Gasteiger partial charge in [-0.1, -0.05) is 6.07 Å². The van der Waals surface area contributed by atoms with Crippen LogP contribution in [-0.2, 0) is 11.2 Å². The summed E-state index contributed by atoms with van der Waals surface area (Å²) in [4.78, 5) is 31.3. The zero-order valence-electron chi connectivity index (χ0n) is 13.9. The Labute approximate surface area is 152 Å². The second-order valence-electron chi connectivity index (χ2n) is 5.46. The van der Waals surface area contributed by atoms with E-state index in [4.69, 9.17) is 4.42 Å². The van der Waals surface area contributed by atoms with E-state index in [1.165, 1.54) is 24.7 Å². The summed E-state index contributed by atoms with van der Waals surface area (Å²) in [6.07, 6.45) is 4.11. The summed E-state index contributed by atoms with van der Waals surface area (Å²) in [5.41, 5.74) is 4.48. The van der Waals surface area contributed by atoms with Crippen molar-refractivity contribution >= 4 is 11.8 Å². The van der Waals surface area contributed by atoms with Crippen LogP contribution >= 0.6 is 0 Å². The molecule has 0 fully saturated rings. The van der Waals surface area contributed by atoms with Crippen molar-refractivity contribution in [2.75, 3.05) is 0 Å². The molecular formula is C18H14F2N4O3. The van der Waals surface area contributed by atoms with E-state index in [9.17, 15) is 18.4 Å². The van der Waals surface area contributed by atoms with Crippen LogP contribution in [0.2, 0.25) is 0 Å². The van der Waals surface area contributed by atoms with E-state index in [0.29, 0.717) is 5.56 Å². The molecule has 0 aliphatic rings. The van der Waals surface area contributed by atoms with Gasteiger partial charge in [0.1, 0.15) is 11.6 Å². The number of hydrogen-bond acceptors (Lipinski definition) is 5. The number of aryl methyl sites for hydroxylation is 1. The predicted octanol–water partition coefficient (Wildman–Crippen LogP) is 2.41. The molecule has 0 unspecified atom stereocenters. The van der Waals surface area contributed by atoms with Crippen molar-refractivity contribution in [3.8, 4) is 11.3 Å². The molecule has 2 heterocycles. The van der Waals surface area contributed by atoms with Crippen LogP contribution in [0.3, 0.4) is 0 Å². The fourth-order valence-corrected chi connectivity index (χ4v) is 2.25. The molecule has 27 heavy (non-hydrogen) atoms. The number of benzene rings is 1. The number of aromatic nitrogens is 2. The van der Waals surface area contributed by atoms with E-state index < -0.39 is 23.4 Å². The maximum Gasteiger partial charge on any atom is 0.271 e. The van der Waals surface area contributed by atoms with E-state index in [0.717, 1.165) is 12.1 Å². The molecule has 2 N–H and O–H groups in total.